The molecule has 0 aliphatic heterocycles. The first-order chi connectivity index (χ1) is 32.0. The van der Waals surface area contributed by atoms with Crippen LogP contribution in [0.25, 0.3) is 10.8 Å². The molecule has 69 heavy (non-hydrogen) atoms. The third kappa shape index (κ3) is 15.4. The summed E-state index contributed by atoms with van der Waals surface area (Å²) < 4.78 is 0. The molecule has 4 aromatic carbocycles. The first-order valence-corrected chi connectivity index (χ1v) is 23.0. The van der Waals surface area contributed by atoms with E-state index in [4.69, 9.17) is 5.73 Å². The van der Waals surface area contributed by atoms with E-state index in [1.54, 1.807) is 50.2 Å². The second kappa shape index (κ2) is 22.6. The molecular weight excluding hydrogens is 881 g/mol. The van der Waals surface area contributed by atoms with Gasteiger partial charge in [-0.15, -0.1) is 0 Å². The van der Waals surface area contributed by atoms with Crippen LogP contribution in [0, 0.1) is 11.8 Å². The maximum Gasteiger partial charge on any atom is 0.325 e. The van der Waals surface area contributed by atoms with Gasteiger partial charge in [-0.1, -0.05) is 97.1 Å². The highest BCUT2D eigenvalue weighted by atomic mass is 16.4. The Morgan fingerprint density at radius 1 is 0.522 bits per heavy atom. The zero-order chi connectivity index (χ0) is 51.6. The maximum absolute atomic E-state index is 14.1. The summed E-state index contributed by atoms with van der Waals surface area (Å²) in [6.45, 7) is 14.4. The molecule has 16 nitrogen and oxygen atoms in total. The molecule has 0 saturated carbocycles. The molecule has 0 fully saturated rings. The summed E-state index contributed by atoms with van der Waals surface area (Å²) in [6.07, 6.45) is -1.33. The van der Waals surface area contributed by atoms with Crippen LogP contribution in [0.5, 0.6) is 0 Å². The molecule has 0 aliphatic carbocycles. The van der Waals surface area contributed by atoms with Crippen LogP contribution < -0.4 is 32.3 Å². The van der Waals surface area contributed by atoms with Gasteiger partial charge < -0.3 is 42.5 Å². The fourth-order valence-corrected chi connectivity index (χ4v) is 7.38. The molecule has 4 rings (SSSR count). The van der Waals surface area contributed by atoms with E-state index in [0.717, 1.165) is 16.3 Å². The summed E-state index contributed by atoms with van der Waals surface area (Å²) in [4.78, 5) is 107. The number of aliphatic hydroxyl groups excluding tert-OH is 1. The molecule has 0 spiro atoms. The number of benzene rings is 4. The van der Waals surface area contributed by atoms with Gasteiger partial charge in [0.15, 0.2) is 11.6 Å². The van der Waals surface area contributed by atoms with Gasteiger partial charge in [0.2, 0.25) is 29.5 Å². The Morgan fingerprint density at radius 2 is 0.957 bits per heavy atom. The van der Waals surface area contributed by atoms with Gasteiger partial charge in [-0.25, -0.2) is 0 Å². The molecule has 5 atom stereocenters. The van der Waals surface area contributed by atoms with Crippen LogP contribution in [-0.4, -0.2) is 91.5 Å². The number of nitrogens with one attached hydrogen (secondary N) is 5. The van der Waals surface area contributed by atoms with E-state index >= 15 is 0 Å². The van der Waals surface area contributed by atoms with Gasteiger partial charge in [-0.3, -0.25) is 38.4 Å². The van der Waals surface area contributed by atoms with E-state index in [9.17, 15) is 48.6 Å². The van der Waals surface area contributed by atoms with Crippen LogP contribution in [-0.2, 0) is 51.2 Å². The third-order valence-electron chi connectivity index (χ3n) is 12.1. The van der Waals surface area contributed by atoms with Crippen LogP contribution in [0.2, 0.25) is 0 Å². The highest BCUT2D eigenvalue weighted by molar-refractivity contribution is 6.00. The summed E-state index contributed by atoms with van der Waals surface area (Å²) in [7, 11) is 0. The Morgan fingerprint density at radius 3 is 1.48 bits per heavy atom. The summed E-state index contributed by atoms with van der Waals surface area (Å²) in [6, 6.07) is 26.9. The normalized spacial score (nSPS) is 14.3. The van der Waals surface area contributed by atoms with Gasteiger partial charge in [-0.2, -0.15) is 0 Å². The van der Waals surface area contributed by atoms with Gasteiger partial charge >= 0.3 is 5.97 Å². The first-order valence-electron chi connectivity index (χ1n) is 23.0. The number of carboxylic acids is 1. The molecule has 16 heteroatoms. The SMILES string of the molecule is CC(NC(=O)C(C)(C)NC(=O)C(CC(=O)C(C)(C)NC(=O)C(C)NC(=O)C(C)(C)NC(=O)C(CC(=O)C(C)(C)N)Cc1ccc2ccccc2c1)Cc1ccc([C@H](O)c2ccccc2)cc1)C(=O)O. The second-order valence-corrected chi connectivity index (χ2v) is 20.1. The van der Waals surface area contributed by atoms with E-state index in [1.807, 2.05) is 60.7 Å². The molecule has 0 aliphatic rings. The van der Waals surface area contributed by atoms with Crippen molar-refractivity contribution in [2.45, 2.75) is 135 Å². The van der Waals surface area contributed by atoms with Crippen LogP contribution in [0.15, 0.2) is 97.1 Å². The molecule has 0 aromatic heterocycles. The molecule has 0 heterocycles. The quantitative estimate of drug-likeness (QED) is 0.0518. The van der Waals surface area contributed by atoms with Crippen molar-refractivity contribution in [2.24, 2.45) is 17.6 Å². The number of hydrogen-bond donors (Lipinski definition) is 8. The number of amides is 5. The molecule has 0 saturated heterocycles. The lowest BCUT2D eigenvalue weighted by Crippen LogP contribution is -2.61. The fourth-order valence-electron chi connectivity index (χ4n) is 7.38. The summed E-state index contributed by atoms with van der Waals surface area (Å²) >= 11 is 0. The van der Waals surface area contributed by atoms with E-state index in [0.29, 0.717) is 16.7 Å². The van der Waals surface area contributed by atoms with Crippen molar-refractivity contribution in [3.8, 4) is 0 Å². The Hall–Kier alpha value is -6.78. The Bertz CT molecular complexity index is 2530. The number of carbonyl (C=O) groups is 8. The van der Waals surface area contributed by atoms with Gasteiger partial charge in [0.25, 0.3) is 0 Å². The third-order valence-corrected chi connectivity index (χ3v) is 12.1. The fraction of sp³-hybridized carbons (Fsp3) is 0.434. The lowest BCUT2D eigenvalue weighted by atomic mass is 9.85. The number of aliphatic hydroxyl groups is 1. The van der Waals surface area contributed by atoms with Crippen molar-refractivity contribution in [1.29, 1.82) is 0 Å². The second-order valence-electron chi connectivity index (χ2n) is 20.1. The number of aliphatic carboxylic acids is 1. The molecule has 0 bridgehead atoms. The highest BCUT2D eigenvalue weighted by Crippen LogP contribution is 2.26. The number of ketones is 2. The smallest absolute Gasteiger partial charge is 0.325 e. The number of nitrogens with two attached hydrogens (primary N) is 1. The molecular formula is C53H68N6O10. The molecule has 5 amide bonds. The Labute approximate surface area is 404 Å². The standard InChI is InChI=1S/C53H68N6O10/c1-31(55-48(68)52(7,8)59-46(65)40(29-41(60)50(3,4)54)28-34-22-23-35-16-14-15-19-38(35)27-34)44(63)57-51(5,6)42(61)30-39(45(64)58-53(9,10)49(69)56-32(2)47(66)67)26-33-20-24-37(25-21-33)43(62)36-17-12-11-13-18-36/h11-25,27,31-32,39-40,43,62H,26,28-30,54H2,1-10H3,(H,55,68)(H,56,69)(H,57,63)(H,58,64)(H,59,65)(H,66,67)/t31?,32?,39?,40?,43-/m1/s1. The molecule has 4 unspecified atom stereocenters. The van der Waals surface area contributed by atoms with Crippen LogP contribution in [0.1, 0.15) is 110 Å². The summed E-state index contributed by atoms with van der Waals surface area (Å²) in [5, 5.41) is 35.3. The number of hydrogen-bond acceptors (Lipinski definition) is 10. The van der Waals surface area contributed by atoms with Crippen molar-refractivity contribution < 1.29 is 48.6 Å². The zero-order valence-electron chi connectivity index (χ0n) is 41.2. The van der Waals surface area contributed by atoms with Crippen molar-refractivity contribution in [2.75, 3.05) is 0 Å². The minimum Gasteiger partial charge on any atom is -0.480 e. The lowest BCUT2D eigenvalue weighted by Gasteiger charge is -2.32. The van der Waals surface area contributed by atoms with Gasteiger partial charge in [0.1, 0.15) is 29.3 Å². The van der Waals surface area contributed by atoms with E-state index in [1.165, 1.54) is 55.4 Å². The van der Waals surface area contributed by atoms with Crippen LogP contribution >= 0.6 is 0 Å². The number of fused-ring (bicyclic) bond motifs is 1. The predicted molar refractivity (Wildman–Crippen MR) is 262 cm³/mol. The predicted octanol–water partition coefficient (Wildman–Crippen LogP) is 4.37. The van der Waals surface area contributed by atoms with Gasteiger partial charge in [0, 0.05) is 24.7 Å². The largest absolute Gasteiger partial charge is 0.480 e. The van der Waals surface area contributed by atoms with Crippen LogP contribution in [0.4, 0.5) is 0 Å². The minimum absolute atomic E-state index is 0.00105. The summed E-state index contributed by atoms with van der Waals surface area (Å²) in [5.74, 6) is -7.65. The molecule has 9 N–H and O–H groups in total. The minimum atomic E-state index is -1.60. The van der Waals surface area contributed by atoms with E-state index < -0.39 is 99.9 Å². The number of carbonyl (C=O) groups excluding carboxylic acids is 7. The Kier molecular flexibility index (Phi) is 17.9. The number of Topliss-reactive ketones (excluding diaryl/α,β-unsaturated/α-hetero) is 2. The zero-order valence-corrected chi connectivity index (χ0v) is 41.2. The molecule has 4 aromatic rings. The topological polar surface area (TPSA) is 263 Å². The average Bonchev–Trinajstić information content (AvgIpc) is 3.27. The van der Waals surface area contributed by atoms with Crippen molar-refractivity contribution in [1.82, 2.24) is 26.6 Å². The van der Waals surface area contributed by atoms with Crippen molar-refractivity contribution in [3.63, 3.8) is 0 Å². The highest BCUT2D eigenvalue weighted by Gasteiger charge is 2.40. The monoisotopic (exact) mass is 948 g/mol. The average molecular weight is 949 g/mol. The summed E-state index contributed by atoms with van der Waals surface area (Å²) in [5.41, 5.74) is 2.82. The van der Waals surface area contributed by atoms with Gasteiger partial charge in [-0.05, 0) is 115 Å². The number of carboxylic acid groups (broad SMARTS) is 1. The van der Waals surface area contributed by atoms with Gasteiger partial charge in [0.05, 0.1) is 11.1 Å². The molecule has 370 valence electrons. The van der Waals surface area contributed by atoms with Crippen molar-refractivity contribution in [3.05, 3.63) is 119 Å². The number of rotatable bonds is 23. The Balaban J connectivity index is 1.47. The van der Waals surface area contributed by atoms with E-state index in [-0.39, 0.29) is 25.0 Å². The van der Waals surface area contributed by atoms with E-state index in [2.05, 4.69) is 26.6 Å². The van der Waals surface area contributed by atoms with Crippen molar-refractivity contribution >= 4 is 57.8 Å². The maximum atomic E-state index is 14.1. The first kappa shape index (κ1) is 54.8. The molecule has 0 radical (unpaired) electrons. The lowest BCUT2D eigenvalue weighted by molar-refractivity contribution is -0.143. The van der Waals surface area contributed by atoms with Crippen LogP contribution in [0.3, 0.4) is 0 Å².